The molecule has 6 heteroatoms. The number of amides is 1. The van der Waals surface area contributed by atoms with Gasteiger partial charge in [-0.2, -0.15) is 0 Å². The fourth-order valence-electron chi connectivity index (χ4n) is 2.14. The summed E-state index contributed by atoms with van der Waals surface area (Å²) in [7, 11) is 0. The Morgan fingerprint density at radius 1 is 1.33 bits per heavy atom. The lowest BCUT2D eigenvalue weighted by atomic mass is 10.0. The van der Waals surface area contributed by atoms with Crippen LogP contribution >= 0.6 is 0 Å². The minimum Gasteiger partial charge on any atom is -0.395 e. The fourth-order valence-corrected chi connectivity index (χ4v) is 2.14. The predicted octanol–water partition coefficient (Wildman–Crippen LogP) is -1.19. The van der Waals surface area contributed by atoms with Crippen LogP contribution < -0.4 is 5.32 Å². The van der Waals surface area contributed by atoms with Gasteiger partial charge in [0, 0.05) is 19.1 Å². The average Bonchev–Trinajstić information content (AvgIpc) is 2.83. The molecule has 0 aromatic heterocycles. The van der Waals surface area contributed by atoms with Gasteiger partial charge >= 0.3 is 0 Å². The van der Waals surface area contributed by atoms with Gasteiger partial charge in [-0.3, -0.25) is 4.79 Å². The van der Waals surface area contributed by atoms with Gasteiger partial charge in [0.25, 0.3) is 0 Å². The maximum Gasteiger partial charge on any atom is 0.229 e. The van der Waals surface area contributed by atoms with E-state index in [1.54, 1.807) is 0 Å². The highest BCUT2D eigenvalue weighted by molar-refractivity contribution is 5.80. The minimum atomic E-state index is -0.213. The Balaban J connectivity index is 2.55. The summed E-state index contributed by atoms with van der Waals surface area (Å²) in [6.45, 7) is 4.23. The Morgan fingerprint density at radius 3 is 2.56 bits per heavy atom. The van der Waals surface area contributed by atoms with Crippen LogP contribution in [0.1, 0.15) is 13.3 Å². The topological polar surface area (TPSA) is 82.0 Å². The highest BCUT2D eigenvalue weighted by Gasteiger charge is 2.35. The first-order valence-electron chi connectivity index (χ1n) is 6.56. The van der Waals surface area contributed by atoms with Crippen LogP contribution in [-0.2, 0) is 9.53 Å². The number of carbonyl (C=O) groups excluding carboxylic acids is 1. The summed E-state index contributed by atoms with van der Waals surface area (Å²) in [5.74, 6) is -0.265. The number of nitrogens with one attached hydrogen (secondary N) is 1. The average molecular weight is 260 g/mol. The van der Waals surface area contributed by atoms with E-state index in [1.807, 2.05) is 0 Å². The molecular weight excluding hydrogens is 236 g/mol. The Bertz CT molecular complexity index is 244. The molecule has 1 saturated heterocycles. The fraction of sp³-hybridized carbons (Fsp3) is 0.917. The van der Waals surface area contributed by atoms with Crippen molar-refractivity contribution in [1.82, 2.24) is 10.2 Å². The van der Waals surface area contributed by atoms with E-state index in [0.717, 1.165) is 13.0 Å². The van der Waals surface area contributed by atoms with Crippen LogP contribution in [0.2, 0.25) is 0 Å². The van der Waals surface area contributed by atoms with E-state index in [9.17, 15) is 4.79 Å². The second kappa shape index (κ2) is 8.42. The summed E-state index contributed by atoms with van der Waals surface area (Å²) >= 11 is 0. The lowest BCUT2D eigenvalue weighted by molar-refractivity contribution is -0.137. The first-order valence-corrected chi connectivity index (χ1v) is 6.56. The van der Waals surface area contributed by atoms with Crippen molar-refractivity contribution in [2.75, 3.05) is 46.1 Å². The molecule has 1 rings (SSSR count). The van der Waals surface area contributed by atoms with Gasteiger partial charge in [-0.1, -0.05) is 6.92 Å². The van der Waals surface area contributed by atoms with Crippen molar-refractivity contribution in [2.45, 2.75) is 19.4 Å². The molecule has 6 nitrogen and oxygen atoms in total. The first-order chi connectivity index (χ1) is 8.74. The van der Waals surface area contributed by atoms with Crippen molar-refractivity contribution in [3.8, 4) is 0 Å². The molecule has 3 N–H and O–H groups in total. The van der Waals surface area contributed by atoms with Crippen LogP contribution in [0, 0.1) is 5.92 Å². The van der Waals surface area contributed by atoms with Crippen molar-refractivity contribution in [1.29, 1.82) is 0 Å². The van der Waals surface area contributed by atoms with Gasteiger partial charge in [0.1, 0.15) is 0 Å². The Kier molecular flexibility index (Phi) is 7.19. The van der Waals surface area contributed by atoms with E-state index < -0.39 is 0 Å². The Hall–Kier alpha value is -0.690. The third-order valence-electron chi connectivity index (χ3n) is 3.11. The maximum absolute atomic E-state index is 12.3. The molecule has 0 aromatic rings. The zero-order chi connectivity index (χ0) is 13.4. The monoisotopic (exact) mass is 260 g/mol. The number of hydrogen-bond donors (Lipinski definition) is 3. The molecule has 0 saturated carbocycles. The molecular formula is C12H24N2O4. The third-order valence-corrected chi connectivity index (χ3v) is 3.11. The molecule has 1 aliphatic rings. The van der Waals surface area contributed by atoms with Crippen LogP contribution in [0.5, 0.6) is 0 Å². The maximum atomic E-state index is 12.3. The van der Waals surface area contributed by atoms with Crippen molar-refractivity contribution in [3.63, 3.8) is 0 Å². The van der Waals surface area contributed by atoms with Gasteiger partial charge in [0.2, 0.25) is 5.91 Å². The van der Waals surface area contributed by atoms with Crippen LogP contribution in [0.15, 0.2) is 0 Å². The van der Waals surface area contributed by atoms with Gasteiger partial charge in [0.05, 0.1) is 32.3 Å². The summed E-state index contributed by atoms with van der Waals surface area (Å²) in [6.07, 6.45) is 1.01. The van der Waals surface area contributed by atoms with Gasteiger partial charge in [-0.05, 0) is 13.0 Å². The van der Waals surface area contributed by atoms with Gasteiger partial charge < -0.3 is 25.2 Å². The number of ether oxygens (including phenoxy) is 1. The van der Waals surface area contributed by atoms with E-state index in [4.69, 9.17) is 14.9 Å². The molecule has 0 aliphatic carbocycles. The second-order valence-electron chi connectivity index (χ2n) is 4.48. The number of aliphatic hydroxyl groups excluding tert-OH is 2. The SMILES string of the molecule is CCCNC1COCC1C(=O)N(CCO)CCO. The summed E-state index contributed by atoms with van der Waals surface area (Å²) in [5.41, 5.74) is 0. The Labute approximate surface area is 108 Å². The van der Waals surface area contributed by atoms with E-state index in [1.165, 1.54) is 4.90 Å². The van der Waals surface area contributed by atoms with E-state index in [2.05, 4.69) is 12.2 Å². The molecule has 18 heavy (non-hydrogen) atoms. The van der Waals surface area contributed by atoms with E-state index >= 15 is 0 Å². The highest BCUT2D eigenvalue weighted by atomic mass is 16.5. The zero-order valence-electron chi connectivity index (χ0n) is 11.0. The van der Waals surface area contributed by atoms with Crippen molar-refractivity contribution in [2.24, 2.45) is 5.92 Å². The van der Waals surface area contributed by atoms with Gasteiger partial charge in [0.15, 0.2) is 0 Å². The molecule has 0 aromatic carbocycles. The zero-order valence-corrected chi connectivity index (χ0v) is 11.0. The van der Waals surface area contributed by atoms with Crippen LogP contribution in [0.25, 0.3) is 0 Å². The third kappa shape index (κ3) is 4.20. The molecule has 0 spiro atoms. The molecule has 1 heterocycles. The van der Waals surface area contributed by atoms with Crippen LogP contribution in [0.3, 0.4) is 0 Å². The quantitative estimate of drug-likeness (QED) is 0.511. The van der Waals surface area contributed by atoms with Crippen molar-refractivity contribution in [3.05, 3.63) is 0 Å². The molecule has 106 valence electrons. The number of aliphatic hydroxyl groups is 2. The number of carbonyl (C=O) groups is 1. The lowest BCUT2D eigenvalue weighted by Gasteiger charge is -2.26. The summed E-state index contributed by atoms with van der Waals surface area (Å²) in [4.78, 5) is 13.8. The largest absolute Gasteiger partial charge is 0.395 e. The minimum absolute atomic E-state index is 0.0392. The first kappa shape index (κ1) is 15.4. The van der Waals surface area contributed by atoms with Crippen LogP contribution in [-0.4, -0.2) is 73.1 Å². The number of rotatable bonds is 8. The van der Waals surface area contributed by atoms with E-state index in [0.29, 0.717) is 13.2 Å². The summed E-state index contributed by atoms with van der Waals surface area (Å²) in [5, 5.41) is 21.2. The van der Waals surface area contributed by atoms with E-state index in [-0.39, 0.29) is 44.2 Å². The van der Waals surface area contributed by atoms with Crippen molar-refractivity contribution < 1.29 is 19.7 Å². The standard InChI is InChI=1S/C12H24N2O4/c1-2-3-13-11-9-18-8-10(11)12(17)14(4-6-15)5-7-16/h10-11,13,15-16H,2-9H2,1H3. The molecule has 1 fully saturated rings. The summed E-state index contributed by atoms with van der Waals surface area (Å²) < 4.78 is 5.36. The molecule has 2 unspecified atom stereocenters. The summed E-state index contributed by atoms with van der Waals surface area (Å²) in [6, 6.07) is 0.0392. The lowest BCUT2D eigenvalue weighted by Crippen LogP contribution is -2.47. The molecule has 0 radical (unpaired) electrons. The highest BCUT2D eigenvalue weighted by Crippen LogP contribution is 2.16. The number of nitrogens with zero attached hydrogens (tertiary/aromatic N) is 1. The van der Waals surface area contributed by atoms with Gasteiger partial charge in [-0.25, -0.2) is 0 Å². The smallest absolute Gasteiger partial charge is 0.229 e. The second-order valence-corrected chi connectivity index (χ2v) is 4.48. The Morgan fingerprint density at radius 2 is 2.00 bits per heavy atom. The molecule has 0 bridgehead atoms. The van der Waals surface area contributed by atoms with Gasteiger partial charge in [-0.15, -0.1) is 0 Å². The molecule has 2 atom stereocenters. The normalized spacial score (nSPS) is 23.3. The predicted molar refractivity (Wildman–Crippen MR) is 67.1 cm³/mol. The molecule has 1 aliphatic heterocycles. The number of hydrogen-bond acceptors (Lipinski definition) is 5. The van der Waals surface area contributed by atoms with Crippen molar-refractivity contribution >= 4 is 5.91 Å². The molecule has 1 amide bonds. The van der Waals surface area contributed by atoms with Crippen LogP contribution in [0.4, 0.5) is 0 Å².